The number of likely N-dealkylation sites (N-methyl/N-ethyl adjacent to an activating group) is 1. The topological polar surface area (TPSA) is 104 Å². The van der Waals surface area contributed by atoms with E-state index in [1.807, 2.05) is 25.1 Å². The molecule has 0 aromatic carbocycles. The third-order valence-corrected chi connectivity index (χ3v) is 10.5. The van der Waals surface area contributed by atoms with Crippen molar-refractivity contribution >= 4 is 22.7 Å². The molecule has 4 heterocycles. The smallest absolute Gasteiger partial charge is 0.317 e. The summed E-state index contributed by atoms with van der Waals surface area (Å²) in [5, 5.41) is 15.6. The second kappa shape index (κ2) is 10.3. The van der Waals surface area contributed by atoms with Crippen LogP contribution in [0.5, 0.6) is 6.01 Å². The SMILES string of the molecule is C[C@H](Oc1nccc(-c2noc3c2CCC[C@@]32CCCc3sc(N=CN(C)C)c(C#N)c32)n1)[C@@]1(C)CCCN1C. The number of aryl methyl sites for hydroxylation is 1. The van der Waals surface area contributed by atoms with Gasteiger partial charge < -0.3 is 14.2 Å². The van der Waals surface area contributed by atoms with Crippen molar-refractivity contribution in [1.82, 2.24) is 24.9 Å². The summed E-state index contributed by atoms with van der Waals surface area (Å²) in [5.41, 5.74) is 3.93. The molecule has 10 heteroatoms. The molecule has 3 atom stereocenters. The van der Waals surface area contributed by atoms with Gasteiger partial charge in [-0.2, -0.15) is 10.2 Å². The zero-order chi connectivity index (χ0) is 28.1. The van der Waals surface area contributed by atoms with E-state index in [4.69, 9.17) is 14.2 Å². The minimum atomic E-state index is -0.359. The molecule has 0 bridgehead atoms. The predicted octanol–water partition coefficient (Wildman–Crippen LogP) is 5.50. The number of nitriles is 1. The molecule has 0 saturated carbocycles. The summed E-state index contributed by atoms with van der Waals surface area (Å²) in [6, 6.07) is 4.74. The highest BCUT2D eigenvalue weighted by Gasteiger charge is 2.49. The lowest BCUT2D eigenvalue weighted by molar-refractivity contribution is 0.0410. The average molecular weight is 560 g/mol. The van der Waals surface area contributed by atoms with E-state index in [0.29, 0.717) is 17.3 Å². The summed E-state index contributed by atoms with van der Waals surface area (Å²) >= 11 is 1.64. The zero-order valence-electron chi connectivity index (χ0n) is 24.0. The van der Waals surface area contributed by atoms with Crippen molar-refractivity contribution in [3.8, 4) is 23.5 Å². The van der Waals surface area contributed by atoms with Crippen LogP contribution in [0.4, 0.5) is 5.00 Å². The summed E-state index contributed by atoms with van der Waals surface area (Å²) < 4.78 is 12.5. The van der Waals surface area contributed by atoms with Gasteiger partial charge in [-0.25, -0.2) is 9.98 Å². The van der Waals surface area contributed by atoms with Crippen LogP contribution in [0, 0.1) is 11.3 Å². The highest BCUT2D eigenvalue weighted by atomic mass is 32.1. The van der Waals surface area contributed by atoms with Crippen LogP contribution in [0.3, 0.4) is 0 Å². The van der Waals surface area contributed by atoms with Gasteiger partial charge in [0, 0.05) is 30.7 Å². The zero-order valence-corrected chi connectivity index (χ0v) is 24.8. The molecule has 3 aromatic heterocycles. The summed E-state index contributed by atoms with van der Waals surface area (Å²) in [5.74, 6) is 0.890. The standard InChI is InChI=1S/C30H37N7O2S/c1-19(29(2)12-8-16-37(29)5)38-28-32-15-11-22(34-28)25-20-9-6-13-30(26(20)39-35-25)14-7-10-23-24(30)21(17-31)27(40-23)33-18-36(3)4/h11,15,18-19H,6-10,12-14,16H2,1-5H3/t19-,29+,30-/m0/s1. The van der Waals surface area contributed by atoms with E-state index in [2.05, 4.69) is 47.0 Å². The van der Waals surface area contributed by atoms with E-state index in [-0.39, 0.29) is 17.1 Å². The predicted molar refractivity (Wildman–Crippen MR) is 155 cm³/mol. The van der Waals surface area contributed by atoms with E-state index in [0.717, 1.165) is 85.5 Å². The first-order valence-corrected chi connectivity index (χ1v) is 15.1. The number of aromatic nitrogens is 3. The Morgan fingerprint density at radius 3 is 2.77 bits per heavy atom. The number of hydrogen-bond donors (Lipinski definition) is 0. The lowest BCUT2D eigenvalue weighted by Crippen LogP contribution is -2.50. The van der Waals surface area contributed by atoms with Crippen molar-refractivity contribution in [3.63, 3.8) is 0 Å². The number of hydrogen-bond acceptors (Lipinski definition) is 9. The highest BCUT2D eigenvalue weighted by molar-refractivity contribution is 7.16. The van der Waals surface area contributed by atoms with Crippen molar-refractivity contribution in [3.05, 3.63) is 39.6 Å². The second-order valence-corrected chi connectivity index (χ2v) is 13.0. The van der Waals surface area contributed by atoms with Gasteiger partial charge in [-0.15, -0.1) is 11.3 Å². The molecular weight excluding hydrogens is 522 g/mol. The molecule has 0 amide bonds. The van der Waals surface area contributed by atoms with Crippen LogP contribution in [-0.2, 0) is 18.3 Å². The number of nitrogens with zero attached hydrogens (tertiary/aromatic N) is 7. The van der Waals surface area contributed by atoms with Gasteiger partial charge in [0.05, 0.1) is 28.5 Å². The van der Waals surface area contributed by atoms with Crippen LogP contribution in [0.25, 0.3) is 11.4 Å². The summed E-state index contributed by atoms with van der Waals surface area (Å²) in [4.78, 5) is 19.4. The molecule has 1 spiro atoms. The Labute approximate surface area is 239 Å². The summed E-state index contributed by atoms with van der Waals surface area (Å²) in [6.45, 7) is 5.42. The van der Waals surface area contributed by atoms with Crippen LogP contribution >= 0.6 is 11.3 Å². The summed E-state index contributed by atoms with van der Waals surface area (Å²) in [6.07, 6.45) is 11.4. The van der Waals surface area contributed by atoms with Crippen LogP contribution in [-0.4, -0.2) is 70.6 Å². The first kappa shape index (κ1) is 26.9. The number of likely N-dealkylation sites (tertiary alicyclic amines) is 1. The lowest BCUT2D eigenvalue weighted by atomic mass is 9.63. The van der Waals surface area contributed by atoms with E-state index in [1.54, 1.807) is 23.9 Å². The van der Waals surface area contributed by atoms with Gasteiger partial charge >= 0.3 is 6.01 Å². The molecule has 1 aliphatic heterocycles. The van der Waals surface area contributed by atoms with Gasteiger partial charge in [0.2, 0.25) is 0 Å². The Balaban J connectivity index is 1.37. The molecule has 3 aromatic rings. The maximum Gasteiger partial charge on any atom is 0.317 e. The van der Waals surface area contributed by atoms with Crippen molar-refractivity contribution in [2.45, 2.75) is 82.3 Å². The molecule has 9 nitrogen and oxygen atoms in total. The fourth-order valence-corrected chi connectivity index (χ4v) is 8.14. The number of fused-ring (bicyclic) bond motifs is 4. The quantitative estimate of drug-likeness (QED) is 0.288. The summed E-state index contributed by atoms with van der Waals surface area (Å²) in [7, 11) is 6.03. The molecule has 210 valence electrons. The first-order chi connectivity index (χ1) is 19.3. The third kappa shape index (κ3) is 4.31. The fraction of sp³-hybridized carbons (Fsp3) is 0.567. The van der Waals surface area contributed by atoms with E-state index >= 15 is 0 Å². The lowest BCUT2D eigenvalue weighted by Gasteiger charge is -2.39. The van der Waals surface area contributed by atoms with Gasteiger partial charge in [-0.3, -0.25) is 4.90 Å². The molecule has 1 fully saturated rings. The van der Waals surface area contributed by atoms with Crippen molar-refractivity contribution in [1.29, 1.82) is 5.26 Å². The largest absolute Gasteiger partial charge is 0.458 e. The Kier molecular flexibility index (Phi) is 6.91. The highest BCUT2D eigenvalue weighted by Crippen LogP contribution is 2.56. The van der Waals surface area contributed by atoms with Gasteiger partial charge in [0.25, 0.3) is 0 Å². The number of thiophene rings is 1. The molecule has 0 radical (unpaired) electrons. The van der Waals surface area contributed by atoms with Crippen molar-refractivity contribution in [2.75, 3.05) is 27.7 Å². The first-order valence-electron chi connectivity index (χ1n) is 14.2. The Morgan fingerprint density at radius 2 is 2.05 bits per heavy atom. The van der Waals surface area contributed by atoms with Gasteiger partial charge in [-0.1, -0.05) is 5.16 Å². The van der Waals surface area contributed by atoms with Gasteiger partial charge in [-0.05, 0) is 90.4 Å². The van der Waals surface area contributed by atoms with Crippen LogP contribution in [0.15, 0.2) is 21.8 Å². The number of aliphatic imine (C=N–C) groups is 1. The minimum Gasteiger partial charge on any atom is -0.458 e. The van der Waals surface area contributed by atoms with E-state index in [9.17, 15) is 5.26 Å². The minimum absolute atomic E-state index is 0.0497. The number of rotatable bonds is 6. The second-order valence-electron chi connectivity index (χ2n) is 11.9. The Bertz CT molecular complexity index is 1480. The van der Waals surface area contributed by atoms with Crippen LogP contribution < -0.4 is 4.74 Å². The molecular formula is C30H37N7O2S. The maximum absolute atomic E-state index is 10.3. The molecule has 6 rings (SSSR count). The number of ether oxygens (including phenoxy) is 1. The van der Waals surface area contributed by atoms with Gasteiger partial charge in [0.15, 0.2) is 5.76 Å². The monoisotopic (exact) mass is 559 g/mol. The molecule has 40 heavy (non-hydrogen) atoms. The third-order valence-electron chi connectivity index (χ3n) is 9.30. The van der Waals surface area contributed by atoms with Crippen molar-refractivity contribution in [2.24, 2.45) is 4.99 Å². The van der Waals surface area contributed by atoms with Crippen LogP contribution in [0.1, 0.15) is 79.7 Å². The van der Waals surface area contributed by atoms with E-state index in [1.165, 1.54) is 4.88 Å². The van der Waals surface area contributed by atoms with Gasteiger partial charge in [0.1, 0.15) is 22.9 Å². The maximum atomic E-state index is 10.3. The van der Waals surface area contributed by atoms with E-state index < -0.39 is 0 Å². The van der Waals surface area contributed by atoms with Crippen molar-refractivity contribution < 1.29 is 9.26 Å². The Hall–Kier alpha value is -3.29. The normalized spacial score (nSPS) is 25.1. The molecule has 1 saturated heterocycles. The average Bonchev–Trinajstić information content (AvgIpc) is 3.64. The Morgan fingerprint density at radius 1 is 1.25 bits per heavy atom. The fourth-order valence-electron chi connectivity index (χ4n) is 6.91. The molecule has 2 aliphatic carbocycles. The molecule has 0 N–H and O–H groups in total. The molecule has 0 unspecified atom stereocenters. The molecule has 3 aliphatic rings. The van der Waals surface area contributed by atoms with Crippen LogP contribution in [0.2, 0.25) is 0 Å².